The molecule has 0 saturated heterocycles. The third-order valence-electron chi connectivity index (χ3n) is 2.96. The first kappa shape index (κ1) is 17.3. The van der Waals surface area contributed by atoms with Crippen LogP contribution in [-0.4, -0.2) is 45.5 Å². The van der Waals surface area contributed by atoms with Gasteiger partial charge in [-0.05, 0) is 0 Å². The van der Waals surface area contributed by atoms with Gasteiger partial charge in [-0.15, -0.1) is 44.2 Å². The molecule has 0 N–H and O–H groups in total. The van der Waals surface area contributed by atoms with Gasteiger partial charge in [0.2, 0.25) is 0 Å². The molecule has 6 heterocycles. The fourth-order valence-corrected chi connectivity index (χ4v) is 3.49. The lowest BCUT2D eigenvalue weighted by Gasteiger charge is -1.78. The summed E-state index contributed by atoms with van der Waals surface area (Å²) in [4.78, 5) is 11.9. The molecule has 27 heavy (non-hydrogen) atoms. The molecule has 6 aromatic rings. The van der Waals surface area contributed by atoms with Crippen LogP contribution in [0, 0.1) is 17.9 Å². The van der Waals surface area contributed by atoms with Crippen LogP contribution in [0.2, 0.25) is 0 Å². The number of hydrogen-bond donors (Lipinski definition) is 0. The predicted octanol–water partition coefficient (Wildman–Crippen LogP) is 2.66. The van der Waals surface area contributed by atoms with Gasteiger partial charge in [-0.2, -0.15) is 20.4 Å². The minimum atomic E-state index is 0.801. The molecule has 0 aliphatic carbocycles. The molecule has 129 valence electrons. The number of fused-ring (bicyclic) bond motifs is 3. The van der Waals surface area contributed by atoms with E-state index in [0.29, 0.717) is 0 Å². The maximum absolute atomic E-state index is 4.00. The van der Waals surface area contributed by atoms with Crippen LogP contribution in [0.3, 0.4) is 0 Å². The molecule has 12 heteroatoms. The van der Waals surface area contributed by atoms with Gasteiger partial charge in [-0.1, -0.05) is 0 Å². The van der Waals surface area contributed by atoms with E-state index >= 15 is 0 Å². The fraction of sp³-hybridized carbons (Fsp3) is 0. The number of nitrogens with zero attached hydrogens (tertiary/aromatic N) is 9. The van der Waals surface area contributed by atoms with Gasteiger partial charge in [-0.25, -0.2) is 15.0 Å². The van der Waals surface area contributed by atoms with Crippen LogP contribution in [0.25, 0.3) is 30.6 Å². The number of aromatic nitrogens is 9. The van der Waals surface area contributed by atoms with Crippen LogP contribution >= 0.6 is 34.0 Å². The summed E-state index contributed by atoms with van der Waals surface area (Å²) in [7, 11) is 0. The minimum absolute atomic E-state index is 0.801. The molecular formula is C15H6N9S3. The number of rotatable bonds is 0. The van der Waals surface area contributed by atoms with Crippen molar-refractivity contribution < 1.29 is 0 Å². The number of thiazole rings is 3. The topological polar surface area (TPSA) is 116 Å². The fourth-order valence-electron chi connectivity index (χ4n) is 1.76. The second-order valence-corrected chi connectivity index (χ2v) is 7.16. The SMILES string of the molecule is [c]1nc2cnncc2s1.[c]1nncc2ncsc12.[c]1nncc2scnc12. The van der Waals surface area contributed by atoms with Crippen LogP contribution < -0.4 is 0 Å². The lowest BCUT2D eigenvalue weighted by molar-refractivity contribution is 1.04. The molecule has 9 nitrogen and oxygen atoms in total. The lowest BCUT2D eigenvalue weighted by atomic mass is 10.5. The predicted molar refractivity (Wildman–Crippen MR) is 102 cm³/mol. The van der Waals surface area contributed by atoms with Gasteiger partial charge >= 0.3 is 0 Å². The van der Waals surface area contributed by atoms with Gasteiger partial charge < -0.3 is 0 Å². The van der Waals surface area contributed by atoms with Crippen molar-refractivity contribution in [3.8, 4) is 0 Å². The molecule has 0 unspecified atom stereocenters. The molecule has 3 radical (unpaired) electrons. The molecule has 6 aromatic heterocycles. The summed E-state index contributed by atoms with van der Waals surface area (Å²) in [5, 5.41) is 21.8. The van der Waals surface area contributed by atoms with Crippen molar-refractivity contribution in [3.05, 3.63) is 53.7 Å². The third-order valence-corrected chi connectivity index (χ3v) is 5.19. The summed E-state index contributed by atoms with van der Waals surface area (Å²) in [6.07, 6.45) is 12.0. The van der Waals surface area contributed by atoms with Crippen molar-refractivity contribution >= 4 is 64.7 Å². The van der Waals surface area contributed by atoms with Crippen LogP contribution in [0.1, 0.15) is 0 Å². The van der Waals surface area contributed by atoms with E-state index in [1.807, 2.05) is 0 Å². The monoisotopic (exact) mass is 408 g/mol. The van der Waals surface area contributed by atoms with Crippen LogP contribution in [-0.2, 0) is 0 Å². The number of hydrogen-bond acceptors (Lipinski definition) is 12. The van der Waals surface area contributed by atoms with Crippen LogP contribution in [0.15, 0.2) is 35.8 Å². The zero-order chi connectivity index (χ0) is 18.3. The standard InChI is InChI=1S/3C5H2N3S/c3*1-4-5(2-8-7-1)9-3-6-4/h2-3H;1,3H;1-2H. The summed E-state index contributed by atoms with van der Waals surface area (Å²) < 4.78 is 3.03. The normalized spacial score (nSPS) is 10.2. The zero-order valence-corrected chi connectivity index (χ0v) is 15.7. The second kappa shape index (κ2) is 8.53. The average molecular weight is 408 g/mol. The maximum Gasteiger partial charge on any atom is 0.153 e. The van der Waals surface area contributed by atoms with E-state index in [1.54, 1.807) is 47.1 Å². The molecule has 0 aliphatic rings. The highest BCUT2D eigenvalue weighted by atomic mass is 32.1. The quantitative estimate of drug-likeness (QED) is 0.374. The van der Waals surface area contributed by atoms with Crippen molar-refractivity contribution in [2.24, 2.45) is 0 Å². The van der Waals surface area contributed by atoms with Crippen molar-refractivity contribution in [2.45, 2.75) is 0 Å². The molecule has 0 amide bonds. The Morgan fingerprint density at radius 3 is 2.37 bits per heavy atom. The first-order valence-electron chi connectivity index (χ1n) is 7.18. The van der Waals surface area contributed by atoms with Gasteiger partial charge in [0.1, 0.15) is 28.9 Å². The highest BCUT2D eigenvalue weighted by molar-refractivity contribution is 7.17. The molecule has 6 rings (SSSR count). The zero-order valence-electron chi connectivity index (χ0n) is 13.2. The van der Waals surface area contributed by atoms with Gasteiger partial charge in [0.05, 0.1) is 49.9 Å². The Morgan fingerprint density at radius 2 is 1.48 bits per heavy atom. The van der Waals surface area contributed by atoms with Crippen molar-refractivity contribution in [1.29, 1.82) is 0 Å². The van der Waals surface area contributed by atoms with Crippen molar-refractivity contribution in [3.63, 3.8) is 0 Å². The van der Waals surface area contributed by atoms with Gasteiger partial charge in [-0.3, -0.25) is 0 Å². The van der Waals surface area contributed by atoms with Crippen LogP contribution in [0.4, 0.5) is 0 Å². The largest absolute Gasteiger partial charge is 0.243 e. The molecule has 0 atom stereocenters. The molecule has 0 fully saturated rings. The third kappa shape index (κ3) is 4.36. The minimum Gasteiger partial charge on any atom is -0.243 e. The van der Waals surface area contributed by atoms with E-state index in [-0.39, 0.29) is 0 Å². The van der Waals surface area contributed by atoms with Gasteiger partial charge in [0, 0.05) is 0 Å². The summed E-state index contributed by atoms with van der Waals surface area (Å²) >= 11 is 4.51. The molecule has 0 bridgehead atoms. The summed E-state index contributed by atoms with van der Waals surface area (Å²) in [6, 6.07) is 0. The summed E-state index contributed by atoms with van der Waals surface area (Å²) in [5.41, 5.74) is 8.80. The Kier molecular flexibility index (Phi) is 5.47. The maximum atomic E-state index is 4.00. The Hall–Kier alpha value is -3.09. The first-order valence-corrected chi connectivity index (χ1v) is 9.76. The molecule has 0 aliphatic heterocycles. The molecular weight excluding hydrogens is 402 g/mol. The Bertz CT molecular complexity index is 1020. The molecule has 0 spiro atoms. The highest BCUT2D eigenvalue weighted by Gasteiger charge is 1.94. The van der Waals surface area contributed by atoms with Crippen LogP contribution in [0.5, 0.6) is 0 Å². The lowest BCUT2D eigenvalue weighted by Crippen LogP contribution is -1.76. The first-order chi connectivity index (χ1) is 13.4. The van der Waals surface area contributed by atoms with E-state index in [9.17, 15) is 0 Å². The van der Waals surface area contributed by atoms with E-state index in [1.165, 1.54) is 22.7 Å². The Morgan fingerprint density at radius 1 is 0.704 bits per heavy atom. The molecule has 0 aromatic carbocycles. The van der Waals surface area contributed by atoms with E-state index < -0.39 is 0 Å². The van der Waals surface area contributed by atoms with E-state index in [0.717, 1.165) is 30.6 Å². The Labute approximate surface area is 163 Å². The van der Waals surface area contributed by atoms with Crippen molar-refractivity contribution in [1.82, 2.24) is 45.5 Å². The second-order valence-electron chi connectivity index (χ2n) is 4.59. The average Bonchev–Trinajstić information content (AvgIpc) is 3.48. The van der Waals surface area contributed by atoms with E-state index in [2.05, 4.69) is 63.4 Å². The van der Waals surface area contributed by atoms with Gasteiger partial charge in [0.15, 0.2) is 5.51 Å². The van der Waals surface area contributed by atoms with E-state index in [4.69, 9.17) is 0 Å². The van der Waals surface area contributed by atoms with Gasteiger partial charge in [0.25, 0.3) is 0 Å². The highest BCUT2D eigenvalue weighted by Crippen LogP contribution is 2.13. The smallest absolute Gasteiger partial charge is 0.153 e. The molecule has 0 saturated carbocycles. The summed E-state index contributed by atoms with van der Waals surface area (Å²) in [6.45, 7) is 0. The summed E-state index contributed by atoms with van der Waals surface area (Å²) in [5.74, 6) is 0. The Balaban J connectivity index is 0.0000001000. The van der Waals surface area contributed by atoms with Crippen molar-refractivity contribution in [2.75, 3.05) is 0 Å².